The molecule has 4 heteroatoms. The Morgan fingerprint density at radius 3 is 1.52 bits per heavy atom. The molecule has 0 bridgehead atoms. The number of rotatable bonds is 2. The molecule has 0 amide bonds. The third-order valence-electron chi connectivity index (χ3n) is 4.06. The first-order valence-electron chi connectivity index (χ1n) is 7.79. The number of carbonyl (C=O) groups is 2. The van der Waals surface area contributed by atoms with E-state index in [9.17, 15) is 9.59 Å². The maximum atomic E-state index is 10.4. The highest BCUT2D eigenvalue weighted by Crippen LogP contribution is 2.35. The largest absolute Gasteiger partial charge is 0.478 e. The van der Waals surface area contributed by atoms with Gasteiger partial charge in [-0.1, -0.05) is 54.6 Å². The van der Waals surface area contributed by atoms with Crippen molar-refractivity contribution in [3.05, 3.63) is 95.1 Å². The fraction of sp³-hybridized carbons (Fsp3) is 0.0476. The third kappa shape index (κ3) is 3.58. The average Bonchev–Trinajstić information content (AvgIpc) is 3.01. The molecule has 0 unspecified atom stereocenters. The minimum atomic E-state index is -1.13. The molecule has 0 saturated carbocycles. The van der Waals surface area contributed by atoms with Gasteiger partial charge in [-0.2, -0.15) is 0 Å². The van der Waals surface area contributed by atoms with Crippen LogP contribution in [-0.4, -0.2) is 22.2 Å². The molecule has 124 valence electrons. The lowest BCUT2D eigenvalue weighted by molar-refractivity contribution is 0.0696. The molecule has 0 heterocycles. The summed E-state index contributed by atoms with van der Waals surface area (Å²) in [5, 5.41) is 17.0. The summed E-state index contributed by atoms with van der Waals surface area (Å²) in [6.07, 6.45) is 1.10. The van der Waals surface area contributed by atoms with E-state index in [1.54, 1.807) is 0 Å². The van der Waals surface area contributed by atoms with Crippen LogP contribution in [0.3, 0.4) is 0 Å². The SMILES string of the molecule is O=C(O)c1cccc(C(=O)O)c1.c1ccc2c(c1)Cc1ccccc1-2. The van der Waals surface area contributed by atoms with Crippen LogP contribution >= 0.6 is 0 Å². The Labute approximate surface area is 145 Å². The van der Waals surface area contributed by atoms with E-state index in [1.807, 2.05) is 0 Å². The zero-order valence-corrected chi connectivity index (χ0v) is 13.3. The van der Waals surface area contributed by atoms with Crippen LogP contribution in [0.25, 0.3) is 11.1 Å². The number of hydrogen-bond donors (Lipinski definition) is 2. The summed E-state index contributed by atoms with van der Waals surface area (Å²) in [6, 6.07) is 22.5. The van der Waals surface area contributed by atoms with Crippen LogP contribution < -0.4 is 0 Å². The zero-order chi connectivity index (χ0) is 17.8. The highest BCUT2D eigenvalue weighted by molar-refractivity contribution is 5.93. The monoisotopic (exact) mass is 332 g/mol. The molecule has 3 aromatic carbocycles. The summed E-state index contributed by atoms with van der Waals surface area (Å²) >= 11 is 0. The molecule has 0 radical (unpaired) electrons. The van der Waals surface area contributed by atoms with Crippen LogP contribution in [0.4, 0.5) is 0 Å². The Balaban J connectivity index is 0.000000147. The molecule has 3 aromatic rings. The Morgan fingerprint density at radius 1 is 0.640 bits per heavy atom. The van der Waals surface area contributed by atoms with E-state index < -0.39 is 11.9 Å². The van der Waals surface area contributed by atoms with E-state index in [1.165, 1.54) is 40.5 Å². The van der Waals surface area contributed by atoms with Crippen molar-refractivity contribution in [2.45, 2.75) is 6.42 Å². The molecule has 0 saturated heterocycles. The molecule has 2 N–H and O–H groups in total. The molecule has 0 spiro atoms. The lowest BCUT2D eigenvalue weighted by atomic mass is 10.1. The first kappa shape index (κ1) is 16.5. The molecule has 0 aliphatic heterocycles. The highest BCUT2D eigenvalue weighted by Gasteiger charge is 2.15. The number of benzene rings is 3. The molecule has 4 rings (SSSR count). The highest BCUT2D eigenvalue weighted by atomic mass is 16.4. The summed E-state index contributed by atoms with van der Waals surface area (Å²) < 4.78 is 0. The van der Waals surface area contributed by atoms with E-state index >= 15 is 0 Å². The van der Waals surface area contributed by atoms with Crippen molar-refractivity contribution in [3.63, 3.8) is 0 Å². The smallest absolute Gasteiger partial charge is 0.335 e. The molecule has 1 aliphatic rings. The van der Waals surface area contributed by atoms with Crippen LogP contribution in [0.2, 0.25) is 0 Å². The Hall–Kier alpha value is -3.40. The molecular formula is C21H16O4. The number of carboxylic acids is 2. The van der Waals surface area contributed by atoms with Crippen molar-refractivity contribution < 1.29 is 19.8 Å². The normalized spacial score (nSPS) is 10.9. The van der Waals surface area contributed by atoms with E-state index in [-0.39, 0.29) is 11.1 Å². The molecular weight excluding hydrogens is 316 g/mol. The van der Waals surface area contributed by atoms with Gasteiger partial charge < -0.3 is 10.2 Å². The minimum Gasteiger partial charge on any atom is -0.478 e. The minimum absolute atomic E-state index is 0.0186. The number of hydrogen-bond acceptors (Lipinski definition) is 2. The van der Waals surface area contributed by atoms with Crippen LogP contribution in [0.15, 0.2) is 72.8 Å². The van der Waals surface area contributed by atoms with E-state index in [0.717, 1.165) is 12.5 Å². The van der Waals surface area contributed by atoms with Gasteiger partial charge in [-0.05, 0) is 46.9 Å². The van der Waals surface area contributed by atoms with Gasteiger partial charge in [0.25, 0.3) is 0 Å². The van der Waals surface area contributed by atoms with Gasteiger partial charge in [-0.25, -0.2) is 9.59 Å². The number of aromatic carboxylic acids is 2. The number of carboxylic acid groups (broad SMARTS) is 2. The molecule has 1 aliphatic carbocycles. The Bertz CT molecular complexity index is 871. The van der Waals surface area contributed by atoms with Gasteiger partial charge in [-0.15, -0.1) is 0 Å². The topological polar surface area (TPSA) is 74.6 Å². The molecule has 25 heavy (non-hydrogen) atoms. The van der Waals surface area contributed by atoms with Gasteiger partial charge in [0.2, 0.25) is 0 Å². The number of fused-ring (bicyclic) bond motifs is 3. The fourth-order valence-electron chi connectivity index (χ4n) is 2.86. The summed E-state index contributed by atoms with van der Waals surface area (Å²) in [5.41, 5.74) is 5.72. The predicted octanol–water partition coefficient (Wildman–Crippen LogP) is 4.34. The van der Waals surface area contributed by atoms with Crippen molar-refractivity contribution in [1.82, 2.24) is 0 Å². The summed E-state index contributed by atoms with van der Waals surface area (Å²) in [7, 11) is 0. The van der Waals surface area contributed by atoms with Crippen LogP contribution in [0, 0.1) is 0 Å². The lowest BCUT2D eigenvalue weighted by Gasteiger charge is -1.98. The Kier molecular flexibility index (Phi) is 4.61. The quantitative estimate of drug-likeness (QED) is 0.572. The predicted molar refractivity (Wildman–Crippen MR) is 95.0 cm³/mol. The Morgan fingerprint density at radius 2 is 1.08 bits per heavy atom. The second-order valence-electron chi connectivity index (χ2n) is 5.68. The fourth-order valence-corrected chi connectivity index (χ4v) is 2.86. The van der Waals surface area contributed by atoms with Gasteiger partial charge in [0.15, 0.2) is 0 Å². The summed E-state index contributed by atoms with van der Waals surface area (Å²) in [4.78, 5) is 20.8. The van der Waals surface area contributed by atoms with Gasteiger partial charge in [0.1, 0.15) is 0 Å². The first-order valence-corrected chi connectivity index (χ1v) is 7.79. The molecule has 0 fully saturated rings. The van der Waals surface area contributed by atoms with Crippen molar-refractivity contribution in [2.75, 3.05) is 0 Å². The molecule has 0 atom stereocenters. The third-order valence-corrected chi connectivity index (χ3v) is 4.06. The van der Waals surface area contributed by atoms with Gasteiger partial charge in [0, 0.05) is 0 Å². The van der Waals surface area contributed by atoms with Crippen molar-refractivity contribution in [3.8, 4) is 11.1 Å². The standard InChI is InChI=1S/C13H10.C8H6O4/c1-3-7-12-10(5-1)9-11-6-2-4-8-13(11)12;9-7(10)5-2-1-3-6(4-5)8(11)12/h1-8H,9H2;1-4H,(H,9,10)(H,11,12). The first-order chi connectivity index (χ1) is 12.1. The van der Waals surface area contributed by atoms with Crippen molar-refractivity contribution >= 4 is 11.9 Å². The van der Waals surface area contributed by atoms with Crippen LogP contribution in [0.5, 0.6) is 0 Å². The van der Waals surface area contributed by atoms with E-state index in [2.05, 4.69) is 48.5 Å². The summed E-state index contributed by atoms with van der Waals surface area (Å²) in [5.74, 6) is -2.25. The van der Waals surface area contributed by atoms with Crippen molar-refractivity contribution in [2.24, 2.45) is 0 Å². The van der Waals surface area contributed by atoms with Crippen molar-refractivity contribution in [1.29, 1.82) is 0 Å². The maximum absolute atomic E-state index is 10.4. The van der Waals surface area contributed by atoms with Gasteiger partial charge in [0.05, 0.1) is 11.1 Å². The average molecular weight is 332 g/mol. The van der Waals surface area contributed by atoms with Gasteiger partial charge in [-0.3, -0.25) is 0 Å². The van der Waals surface area contributed by atoms with Crippen LogP contribution in [-0.2, 0) is 6.42 Å². The lowest BCUT2D eigenvalue weighted by Crippen LogP contribution is -2.01. The molecule has 0 aromatic heterocycles. The second-order valence-corrected chi connectivity index (χ2v) is 5.68. The second kappa shape index (κ2) is 7.01. The van der Waals surface area contributed by atoms with E-state index in [4.69, 9.17) is 10.2 Å². The maximum Gasteiger partial charge on any atom is 0.335 e. The van der Waals surface area contributed by atoms with E-state index in [0.29, 0.717) is 0 Å². The van der Waals surface area contributed by atoms with Gasteiger partial charge >= 0.3 is 11.9 Å². The summed E-state index contributed by atoms with van der Waals surface area (Å²) in [6.45, 7) is 0. The molecule has 4 nitrogen and oxygen atoms in total. The van der Waals surface area contributed by atoms with Crippen LogP contribution in [0.1, 0.15) is 31.8 Å². The zero-order valence-electron chi connectivity index (χ0n) is 13.3.